The number of aromatic amines is 1. The number of nitrogens with zero attached hydrogens (tertiary/aromatic N) is 1. The van der Waals surface area contributed by atoms with Crippen LogP contribution in [0.4, 0.5) is 0 Å². The Bertz CT molecular complexity index is 199. The van der Waals surface area contributed by atoms with Crippen molar-refractivity contribution in [1.29, 1.82) is 0 Å². The summed E-state index contributed by atoms with van der Waals surface area (Å²) in [4.78, 5) is 7.05. The highest BCUT2D eigenvalue weighted by Crippen LogP contribution is 1.94. The fourth-order valence-corrected chi connectivity index (χ4v) is 1.54. The first-order valence-corrected chi connectivity index (χ1v) is 6.00. The monoisotopic (exact) mass is 199 g/mol. The lowest BCUT2D eigenvalue weighted by atomic mass is 10.3. The van der Waals surface area contributed by atoms with E-state index in [9.17, 15) is 0 Å². The van der Waals surface area contributed by atoms with Gasteiger partial charge in [-0.05, 0) is 25.0 Å². The number of hydrogen-bond donors (Lipinski definition) is 2. The van der Waals surface area contributed by atoms with Crippen molar-refractivity contribution < 1.29 is 0 Å². The fourth-order valence-electron chi connectivity index (χ4n) is 1.11. The summed E-state index contributed by atoms with van der Waals surface area (Å²) in [5.41, 5.74) is 1.21. The summed E-state index contributed by atoms with van der Waals surface area (Å²) in [7, 11) is 0. The second-order valence-electron chi connectivity index (χ2n) is 2.92. The van der Waals surface area contributed by atoms with Gasteiger partial charge in [-0.2, -0.15) is 11.8 Å². The van der Waals surface area contributed by atoms with Crippen molar-refractivity contribution in [3.05, 3.63) is 18.2 Å². The molecule has 0 amide bonds. The predicted molar refractivity (Wildman–Crippen MR) is 58.2 cm³/mol. The molecule has 0 unspecified atom stereocenters. The normalized spacial score (nSPS) is 10.5. The molecule has 3 nitrogen and oxygen atoms in total. The number of imidazole rings is 1. The molecule has 0 fully saturated rings. The van der Waals surface area contributed by atoms with E-state index in [1.807, 2.05) is 18.0 Å². The van der Waals surface area contributed by atoms with Crippen molar-refractivity contribution >= 4 is 11.8 Å². The highest BCUT2D eigenvalue weighted by molar-refractivity contribution is 7.98. The Kier molecular flexibility index (Phi) is 5.69. The molecular weight excluding hydrogens is 182 g/mol. The molecule has 0 aliphatic heterocycles. The van der Waals surface area contributed by atoms with Gasteiger partial charge in [-0.1, -0.05) is 0 Å². The van der Waals surface area contributed by atoms with Crippen LogP contribution in [0.3, 0.4) is 0 Å². The molecule has 0 aliphatic rings. The highest BCUT2D eigenvalue weighted by atomic mass is 32.2. The molecule has 0 atom stereocenters. The number of hydrogen-bond acceptors (Lipinski definition) is 3. The number of aromatic nitrogens is 2. The Hall–Kier alpha value is -0.480. The molecule has 4 heteroatoms. The summed E-state index contributed by atoms with van der Waals surface area (Å²) in [6.45, 7) is 2.16. The first-order valence-electron chi connectivity index (χ1n) is 4.60. The van der Waals surface area contributed by atoms with Crippen LogP contribution in [0.1, 0.15) is 12.1 Å². The first-order chi connectivity index (χ1) is 6.43. The lowest BCUT2D eigenvalue weighted by Crippen LogP contribution is -2.19. The second-order valence-corrected chi connectivity index (χ2v) is 3.91. The number of thioether (sulfide) groups is 1. The van der Waals surface area contributed by atoms with Crippen LogP contribution in [0, 0.1) is 0 Å². The van der Waals surface area contributed by atoms with Crippen LogP contribution in [0.25, 0.3) is 0 Å². The Morgan fingerprint density at radius 2 is 2.46 bits per heavy atom. The van der Waals surface area contributed by atoms with E-state index in [1.54, 1.807) is 6.33 Å². The number of rotatable bonds is 7. The Labute approximate surface area is 83.7 Å². The van der Waals surface area contributed by atoms with Gasteiger partial charge in [-0.25, -0.2) is 4.98 Å². The quantitative estimate of drug-likeness (QED) is 0.650. The van der Waals surface area contributed by atoms with Crippen LogP contribution in [0.2, 0.25) is 0 Å². The van der Waals surface area contributed by atoms with Crippen molar-refractivity contribution in [2.45, 2.75) is 12.8 Å². The van der Waals surface area contributed by atoms with Gasteiger partial charge in [0.15, 0.2) is 0 Å². The average molecular weight is 199 g/mol. The van der Waals surface area contributed by atoms with Crippen LogP contribution < -0.4 is 5.32 Å². The zero-order chi connectivity index (χ0) is 9.36. The molecule has 1 heterocycles. The van der Waals surface area contributed by atoms with Gasteiger partial charge < -0.3 is 10.3 Å². The Morgan fingerprint density at radius 3 is 3.15 bits per heavy atom. The molecule has 0 radical (unpaired) electrons. The van der Waals surface area contributed by atoms with Gasteiger partial charge in [0.2, 0.25) is 0 Å². The minimum Gasteiger partial charge on any atom is -0.348 e. The smallest absolute Gasteiger partial charge is 0.0921 e. The van der Waals surface area contributed by atoms with Crippen LogP contribution >= 0.6 is 11.8 Å². The van der Waals surface area contributed by atoms with Crippen LogP contribution in [-0.2, 0) is 6.42 Å². The molecule has 2 N–H and O–H groups in total. The van der Waals surface area contributed by atoms with Crippen LogP contribution in [0.15, 0.2) is 12.5 Å². The summed E-state index contributed by atoms with van der Waals surface area (Å²) in [5, 5.41) is 3.40. The SMILES string of the molecule is CSCCCNCCc1cnc[nH]1. The molecule has 0 bridgehead atoms. The minimum atomic E-state index is 1.04. The third-order valence-corrected chi connectivity index (χ3v) is 2.52. The second kappa shape index (κ2) is 6.97. The lowest BCUT2D eigenvalue weighted by molar-refractivity contribution is 0.670. The van der Waals surface area contributed by atoms with Crippen molar-refractivity contribution in [3.63, 3.8) is 0 Å². The van der Waals surface area contributed by atoms with E-state index in [0.717, 1.165) is 19.5 Å². The zero-order valence-electron chi connectivity index (χ0n) is 8.05. The van der Waals surface area contributed by atoms with E-state index in [-0.39, 0.29) is 0 Å². The van der Waals surface area contributed by atoms with Crippen LogP contribution in [-0.4, -0.2) is 35.1 Å². The maximum atomic E-state index is 3.96. The van der Waals surface area contributed by atoms with Gasteiger partial charge in [0.1, 0.15) is 0 Å². The van der Waals surface area contributed by atoms with Crippen LogP contribution in [0.5, 0.6) is 0 Å². The minimum absolute atomic E-state index is 1.04. The van der Waals surface area contributed by atoms with Gasteiger partial charge in [0.05, 0.1) is 6.33 Å². The van der Waals surface area contributed by atoms with E-state index in [1.165, 1.54) is 17.9 Å². The summed E-state index contributed by atoms with van der Waals surface area (Å²) in [6.07, 6.45) is 8.04. The predicted octanol–water partition coefficient (Wildman–Crippen LogP) is 1.29. The van der Waals surface area contributed by atoms with E-state index >= 15 is 0 Å². The van der Waals surface area contributed by atoms with Gasteiger partial charge in [-0.15, -0.1) is 0 Å². The molecule has 13 heavy (non-hydrogen) atoms. The van der Waals surface area contributed by atoms with E-state index in [0.29, 0.717) is 0 Å². The number of H-pyrrole nitrogens is 1. The van der Waals surface area contributed by atoms with Gasteiger partial charge in [-0.3, -0.25) is 0 Å². The Balaban J connectivity index is 1.90. The molecule has 74 valence electrons. The lowest BCUT2D eigenvalue weighted by Gasteiger charge is -2.01. The van der Waals surface area contributed by atoms with E-state index < -0.39 is 0 Å². The fraction of sp³-hybridized carbons (Fsp3) is 0.667. The first kappa shape index (κ1) is 10.6. The Morgan fingerprint density at radius 1 is 1.54 bits per heavy atom. The zero-order valence-corrected chi connectivity index (χ0v) is 8.86. The average Bonchev–Trinajstić information content (AvgIpc) is 2.63. The molecule has 1 aromatic heterocycles. The highest BCUT2D eigenvalue weighted by Gasteiger charge is 1.92. The topological polar surface area (TPSA) is 40.7 Å². The molecule has 0 aromatic carbocycles. The molecule has 0 aliphatic carbocycles. The van der Waals surface area contributed by atoms with Crippen molar-refractivity contribution in [1.82, 2.24) is 15.3 Å². The maximum Gasteiger partial charge on any atom is 0.0921 e. The number of nitrogens with one attached hydrogen (secondary N) is 2. The van der Waals surface area contributed by atoms with Gasteiger partial charge in [0, 0.05) is 24.9 Å². The standard InChI is InChI=1S/C9H17N3S/c1-13-6-2-4-10-5-3-9-7-11-8-12-9/h7-8,10H,2-6H2,1H3,(H,11,12). The molecule has 1 aromatic rings. The molecular formula is C9H17N3S. The summed E-state index contributed by atoms with van der Waals surface area (Å²) >= 11 is 1.90. The van der Waals surface area contributed by atoms with E-state index in [2.05, 4.69) is 21.5 Å². The van der Waals surface area contributed by atoms with Crippen molar-refractivity contribution in [2.75, 3.05) is 25.1 Å². The maximum absolute atomic E-state index is 3.96. The summed E-state index contributed by atoms with van der Waals surface area (Å²) in [6, 6.07) is 0. The largest absolute Gasteiger partial charge is 0.348 e. The van der Waals surface area contributed by atoms with Gasteiger partial charge >= 0.3 is 0 Å². The van der Waals surface area contributed by atoms with Gasteiger partial charge in [0.25, 0.3) is 0 Å². The summed E-state index contributed by atoms with van der Waals surface area (Å²) in [5.74, 6) is 1.25. The molecule has 0 spiro atoms. The molecule has 1 rings (SSSR count). The molecule has 0 saturated carbocycles. The third kappa shape index (κ3) is 4.95. The van der Waals surface area contributed by atoms with Crippen molar-refractivity contribution in [3.8, 4) is 0 Å². The summed E-state index contributed by atoms with van der Waals surface area (Å²) < 4.78 is 0. The third-order valence-electron chi connectivity index (χ3n) is 1.83. The van der Waals surface area contributed by atoms with Crippen molar-refractivity contribution in [2.24, 2.45) is 0 Å². The molecule has 0 saturated heterocycles. The van der Waals surface area contributed by atoms with E-state index in [4.69, 9.17) is 0 Å².